The van der Waals surface area contributed by atoms with Gasteiger partial charge in [-0.3, -0.25) is 0 Å². The molecule has 0 aromatic heterocycles. The van der Waals surface area contributed by atoms with Crippen LogP contribution in [0.15, 0.2) is 23.4 Å². The maximum atomic E-state index is 11.9. The van der Waals surface area contributed by atoms with Gasteiger partial charge in [-0.05, 0) is 12.2 Å². The summed E-state index contributed by atoms with van der Waals surface area (Å²) in [6.07, 6.45) is 3.46. The highest BCUT2D eigenvalue weighted by Gasteiger charge is 2.05. The SMILES string of the molecule is [B]/C1=C/C(OCCF)=C\C(OC)C#CC1. The minimum Gasteiger partial charge on any atom is -0.491 e. The molecule has 0 N–H and O–H groups in total. The third-order valence-electron chi connectivity index (χ3n) is 1.78. The molecule has 0 saturated heterocycles. The van der Waals surface area contributed by atoms with E-state index in [-0.39, 0.29) is 12.7 Å². The molecule has 0 amide bonds. The number of halogens is 1. The summed E-state index contributed by atoms with van der Waals surface area (Å²) in [4.78, 5) is 0. The Morgan fingerprint density at radius 1 is 1.67 bits per heavy atom. The molecule has 15 heavy (non-hydrogen) atoms. The molecule has 1 aliphatic carbocycles. The van der Waals surface area contributed by atoms with E-state index in [1.165, 1.54) is 0 Å². The van der Waals surface area contributed by atoms with Crippen molar-refractivity contribution < 1.29 is 13.9 Å². The third-order valence-corrected chi connectivity index (χ3v) is 1.78. The first-order chi connectivity index (χ1) is 7.26. The molecule has 0 aliphatic heterocycles. The van der Waals surface area contributed by atoms with E-state index >= 15 is 0 Å². The summed E-state index contributed by atoms with van der Waals surface area (Å²) in [6, 6.07) is 0. The monoisotopic (exact) mass is 206 g/mol. The largest absolute Gasteiger partial charge is 0.491 e. The minimum absolute atomic E-state index is 0.0134. The van der Waals surface area contributed by atoms with Crippen LogP contribution in [0.1, 0.15) is 6.42 Å². The number of hydrogen-bond donors (Lipinski definition) is 0. The number of ether oxygens (including phenoxy) is 2. The number of allylic oxidation sites excluding steroid dienone is 2. The second-order valence-corrected chi connectivity index (χ2v) is 2.98. The molecule has 0 aromatic rings. The predicted molar refractivity (Wildman–Crippen MR) is 57.0 cm³/mol. The molecule has 1 atom stereocenters. The van der Waals surface area contributed by atoms with Crippen molar-refractivity contribution >= 4 is 7.85 Å². The quantitative estimate of drug-likeness (QED) is 0.510. The Bertz CT molecular complexity index is 325. The van der Waals surface area contributed by atoms with Crippen LogP contribution in [0.25, 0.3) is 0 Å². The van der Waals surface area contributed by atoms with Crippen molar-refractivity contribution in [2.45, 2.75) is 12.5 Å². The molecule has 0 fully saturated rings. The summed E-state index contributed by atoms with van der Waals surface area (Å²) in [6.45, 7) is -0.520. The van der Waals surface area contributed by atoms with Gasteiger partial charge < -0.3 is 9.47 Å². The van der Waals surface area contributed by atoms with E-state index in [0.29, 0.717) is 17.7 Å². The van der Waals surface area contributed by atoms with Crippen molar-refractivity contribution in [1.82, 2.24) is 0 Å². The lowest BCUT2D eigenvalue weighted by Crippen LogP contribution is -2.08. The lowest BCUT2D eigenvalue weighted by Gasteiger charge is -2.11. The van der Waals surface area contributed by atoms with Crippen LogP contribution < -0.4 is 0 Å². The van der Waals surface area contributed by atoms with Crippen LogP contribution in [0, 0.1) is 11.8 Å². The van der Waals surface area contributed by atoms with E-state index in [9.17, 15) is 4.39 Å². The minimum atomic E-state index is -0.533. The van der Waals surface area contributed by atoms with Gasteiger partial charge in [-0.2, -0.15) is 0 Å². The molecule has 2 nitrogen and oxygen atoms in total. The molecule has 2 radical (unpaired) electrons. The third kappa shape index (κ3) is 4.22. The van der Waals surface area contributed by atoms with E-state index in [1.807, 2.05) is 0 Å². The Morgan fingerprint density at radius 2 is 2.47 bits per heavy atom. The van der Waals surface area contributed by atoms with Gasteiger partial charge >= 0.3 is 0 Å². The first-order valence-corrected chi connectivity index (χ1v) is 4.64. The van der Waals surface area contributed by atoms with Crippen LogP contribution in [0.3, 0.4) is 0 Å². The van der Waals surface area contributed by atoms with Crippen molar-refractivity contribution in [2.75, 3.05) is 20.4 Å². The van der Waals surface area contributed by atoms with Gasteiger partial charge in [-0.15, -0.1) is 5.47 Å². The van der Waals surface area contributed by atoms with E-state index < -0.39 is 6.67 Å². The Balaban J connectivity index is 2.78. The van der Waals surface area contributed by atoms with E-state index in [2.05, 4.69) is 11.8 Å². The topological polar surface area (TPSA) is 18.5 Å². The summed E-state index contributed by atoms with van der Waals surface area (Å²) in [5, 5.41) is 0. The zero-order chi connectivity index (χ0) is 11.1. The summed E-state index contributed by atoms with van der Waals surface area (Å²) in [5.74, 6) is 6.24. The van der Waals surface area contributed by atoms with Gasteiger partial charge in [0.2, 0.25) is 0 Å². The predicted octanol–water partition coefficient (Wildman–Crippen LogP) is 1.33. The van der Waals surface area contributed by atoms with Crippen molar-refractivity contribution in [3.63, 3.8) is 0 Å². The van der Waals surface area contributed by atoms with Crippen molar-refractivity contribution in [3.8, 4) is 11.8 Å². The lowest BCUT2D eigenvalue weighted by molar-refractivity contribution is 0.166. The van der Waals surface area contributed by atoms with Crippen LogP contribution in [0.2, 0.25) is 0 Å². The van der Waals surface area contributed by atoms with Gasteiger partial charge in [0, 0.05) is 13.5 Å². The maximum Gasteiger partial charge on any atom is 0.139 e. The highest BCUT2D eigenvalue weighted by atomic mass is 19.1. The van der Waals surface area contributed by atoms with Gasteiger partial charge in [0.05, 0.1) is 0 Å². The molecule has 78 valence electrons. The molecular weight excluding hydrogens is 194 g/mol. The average Bonchev–Trinajstić information content (AvgIpc) is 2.20. The van der Waals surface area contributed by atoms with Gasteiger partial charge in [-0.1, -0.05) is 11.8 Å². The highest BCUT2D eigenvalue weighted by molar-refractivity contribution is 6.22. The lowest BCUT2D eigenvalue weighted by atomic mass is 9.91. The Labute approximate surface area is 90.5 Å². The fourth-order valence-electron chi connectivity index (χ4n) is 1.10. The van der Waals surface area contributed by atoms with Gasteiger partial charge in [0.15, 0.2) is 0 Å². The van der Waals surface area contributed by atoms with Crippen molar-refractivity contribution in [1.29, 1.82) is 0 Å². The molecule has 1 rings (SSSR count). The van der Waals surface area contributed by atoms with E-state index in [0.717, 1.165) is 0 Å². The Hall–Kier alpha value is -1.21. The molecule has 0 aromatic carbocycles. The average molecular weight is 206 g/mol. The second-order valence-electron chi connectivity index (χ2n) is 2.98. The van der Waals surface area contributed by atoms with Crippen LogP contribution in [-0.2, 0) is 9.47 Å². The second kappa shape index (κ2) is 6.31. The molecule has 1 unspecified atom stereocenters. The molecule has 4 heteroatoms. The number of methoxy groups -OCH3 is 1. The fourth-order valence-corrected chi connectivity index (χ4v) is 1.10. The van der Waals surface area contributed by atoms with Gasteiger partial charge in [0.1, 0.15) is 33.0 Å². The standard InChI is InChI=1S/C11H12BFO2/c1-14-10-4-2-3-9(12)7-11(8-10)15-6-5-13/h7-8,10H,3,5-6H2,1H3/b9-7+,11-8+. The molecule has 0 spiro atoms. The van der Waals surface area contributed by atoms with E-state index in [4.69, 9.17) is 17.3 Å². The van der Waals surface area contributed by atoms with Crippen LogP contribution in [0.5, 0.6) is 0 Å². The number of alkyl halides is 1. The zero-order valence-corrected chi connectivity index (χ0v) is 8.63. The normalized spacial score (nSPS) is 27.2. The summed E-state index contributed by atoms with van der Waals surface area (Å²) < 4.78 is 22.2. The summed E-state index contributed by atoms with van der Waals surface area (Å²) >= 11 is 0. The highest BCUT2D eigenvalue weighted by Crippen LogP contribution is 2.10. The van der Waals surface area contributed by atoms with Crippen LogP contribution in [-0.4, -0.2) is 34.3 Å². The summed E-state index contributed by atoms with van der Waals surface area (Å²) in [5.41, 5.74) is 0.599. The summed E-state index contributed by atoms with van der Waals surface area (Å²) in [7, 11) is 7.21. The van der Waals surface area contributed by atoms with Gasteiger partial charge in [-0.25, -0.2) is 4.39 Å². The van der Waals surface area contributed by atoms with Crippen LogP contribution in [0.4, 0.5) is 4.39 Å². The zero-order valence-electron chi connectivity index (χ0n) is 8.63. The van der Waals surface area contributed by atoms with Gasteiger partial charge in [0.25, 0.3) is 0 Å². The smallest absolute Gasteiger partial charge is 0.139 e. The Morgan fingerprint density at radius 3 is 3.13 bits per heavy atom. The first kappa shape index (κ1) is 11.9. The molecule has 0 bridgehead atoms. The fraction of sp³-hybridized carbons (Fsp3) is 0.455. The Kier molecular flexibility index (Phi) is 4.99. The van der Waals surface area contributed by atoms with E-state index in [1.54, 1.807) is 19.3 Å². The van der Waals surface area contributed by atoms with Crippen molar-refractivity contribution in [2.24, 2.45) is 0 Å². The first-order valence-electron chi connectivity index (χ1n) is 4.64. The molecule has 1 aliphatic rings. The molecular formula is C11H12BFO2. The molecule has 0 saturated carbocycles. The van der Waals surface area contributed by atoms with Crippen molar-refractivity contribution in [3.05, 3.63) is 23.4 Å². The molecule has 0 heterocycles. The van der Waals surface area contributed by atoms with Crippen LogP contribution >= 0.6 is 0 Å². The maximum absolute atomic E-state index is 11.9. The number of rotatable bonds is 4. The number of hydrogen-bond acceptors (Lipinski definition) is 2.